The van der Waals surface area contributed by atoms with E-state index < -0.39 is 10.8 Å². The Morgan fingerprint density at radius 3 is 3.09 bits per heavy atom. The Morgan fingerprint density at radius 1 is 1.41 bits per heavy atom. The van der Waals surface area contributed by atoms with Crippen molar-refractivity contribution in [1.29, 1.82) is 0 Å². The van der Waals surface area contributed by atoms with Crippen LogP contribution in [-0.4, -0.2) is 35.2 Å². The predicted molar refractivity (Wildman–Crippen MR) is 85.9 cm³/mol. The summed E-state index contributed by atoms with van der Waals surface area (Å²) in [6.07, 6.45) is 8.07. The average molecular weight is 333 g/mol. The van der Waals surface area contributed by atoms with Gasteiger partial charge in [0.2, 0.25) is 5.16 Å². The molecule has 8 heteroatoms. The summed E-state index contributed by atoms with van der Waals surface area (Å²) < 4.78 is 13.6. The second kappa shape index (κ2) is 5.20. The number of nitrogens with zero attached hydrogens (tertiary/aromatic N) is 5. The Labute approximate surface area is 134 Å². The molecule has 0 radical (unpaired) electrons. The first kappa shape index (κ1) is 14.0. The second-order valence-electron chi connectivity index (χ2n) is 5.67. The van der Waals surface area contributed by atoms with E-state index in [-0.39, 0.29) is 0 Å². The largest absolute Gasteiger partial charge is 0.257 e. The SMILES string of the molecule is C[C@H]1CCc2c(sc3ncnc(-n4cnnc4[S@@](C)=O)c23)C1. The maximum absolute atomic E-state index is 11.9. The van der Waals surface area contributed by atoms with E-state index in [2.05, 4.69) is 27.1 Å². The van der Waals surface area contributed by atoms with E-state index in [0.717, 1.165) is 28.9 Å². The lowest BCUT2D eigenvalue weighted by molar-refractivity contribution is 0.509. The number of hydrogen-bond donors (Lipinski definition) is 0. The number of hydrogen-bond acceptors (Lipinski definition) is 6. The van der Waals surface area contributed by atoms with Gasteiger partial charge in [-0.1, -0.05) is 6.92 Å². The summed E-state index contributed by atoms with van der Waals surface area (Å²) in [5.41, 5.74) is 1.34. The van der Waals surface area contributed by atoms with Crippen LogP contribution in [0.1, 0.15) is 23.8 Å². The highest BCUT2D eigenvalue weighted by atomic mass is 32.2. The summed E-state index contributed by atoms with van der Waals surface area (Å²) in [4.78, 5) is 11.3. The number of aryl methyl sites for hydroxylation is 1. The molecule has 3 aromatic rings. The van der Waals surface area contributed by atoms with Crippen molar-refractivity contribution < 1.29 is 4.21 Å². The van der Waals surface area contributed by atoms with Gasteiger partial charge in [0, 0.05) is 11.1 Å². The molecule has 0 saturated carbocycles. The van der Waals surface area contributed by atoms with E-state index in [1.54, 1.807) is 34.8 Å². The van der Waals surface area contributed by atoms with Crippen LogP contribution in [0.5, 0.6) is 0 Å². The van der Waals surface area contributed by atoms with E-state index in [0.29, 0.717) is 11.1 Å². The third-order valence-electron chi connectivity index (χ3n) is 4.07. The van der Waals surface area contributed by atoms with Crippen LogP contribution < -0.4 is 0 Å². The van der Waals surface area contributed by atoms with Gasteiger partial charge < -0.3 is 0 Å². The highest BCUT2D eigenvalue weighted by Gasteiger charge is 2.24. The second-order valence-corrected chi connectivity index (χ2v) is 8.02. The molecule has 2 atom stereocenters. The maximum atomic E-state index is 11.9. The van der Waals surface area contributed by atoms with Crippen LogP contribution >= 0.6 is 11.3 Å². The molecule has 3 aromatic heterocycles. The standard InChI is InChI=1S/C14H15N5OS2/c1-8-3-4-9-10(5-8)21-13-11(9)12(15-6-16-13)19-7-17-18-14(19)22(2)20/h6-8H,3-5H2,1-2H3/t8-,22+/m0/s1. The van der Waals surface area contributed by atoms with Crippen molar-refractivity contribution in [3.8, 4) is 5.82 Å². The quantitative estimate of drug-likeness (QED) is 0.718. The van der Waals surface area contributed by atoms with Gasteiger partial charge >= 0.3 is 0 Å². The fourth-order valence-corrected chi connectivity index (χ4v) is 4.92. The summed E-state index contributed by atoms with van der Waals surface area (Å²) in [5, 5.41) is 9.35. The predicted octanol–water partition coefficient (Wildman–Crippen LogP) is 2.13. The van der Waals surface area contributed by atoms with Crippen molar-refractivity contribution in [2.24, 2.45) is 5.92 Å². The lowest BCUT2D eigenvalue weighted by Gasteiger charge is -2.18. The summed E-state index contributed by atoms with van der Waals surface area (Å²) >= 11 is 1.75. The molecule has 0 bridgehead atoms. The molecule has 0 unspecified atom stereocenters. The molecule has 22 heavy (non-hydrogen) atoms. The Balaban J connectivity index is 1.99. The molecule has 114 valence electrons. The van der Waals surface area contributed by atoms with Gasteiger partial charge in [0.05, 0.1) is 16.2 Å². The van der Waals surface area contributed by atoms with Crippen molar-refractivity contribution in [3.05, 3.63) is 23.1 Å². The van der Waals surface area contributed by atoms with E-state index in [1.165, 1.54) is 16.9 Å². The van der Waals surface area contributed by atoms with Gasteiger partial charge in [0.1, 0.15) is 17.5 Å². The normalized spacial score (nSPS) is 19.3. The van der Waals surface area contributed by atoms with Crippen LogP contribution in [0.15, 0.2) is 17.8 Å². The molecule has 0 aliphatic heterocycles. The van der Waals surface area contributed by atoms with Gasteiger partial charge in [0.15, 0.2) is 5.82 Å². The van der Waals surface area contributed by atoms with Crippen LogP contribution in [0.2, 0.25) is 0 Å². The van der Waals surface area contributed by atoms with Crippen molar-refractivity contribution in [2.45, 2.75) is 31.3 Å². The fourth-order valence-electron chi connectivity index (χ4n) is 3.01. The van der Waals surface area contributed by atoms with E-state index in [4.69, 9.17) is 0 Å². The van der Waals surface area contributed by atoms with Crippen LogP contribution in [0, 0.1) is 5.92 Å². The lowest BCUT2D eigenvalue weighted by Crippen LogP contribution is -2.10. The minimum Gasteiger partial charge on any atom is -0.257 e. The molecule has 0 spiro atoms. The van der Waals surface area contributed by atoms with Crippen LogP contribution in [0.25, 0.3) is 16.0 Å². The number of fused-ring (bicyclic) bond motifs is 3. The average Bonchev–Trinajstić information content (AvgIpc) is 3.10. The molecule has 1 aliphatic rings. The zero-order valence-electron chi connectivity index (χ0n) is 12.3. The molecular formula is C14H15N5OS2. The first-order valence-electron chi connectivity index (χ1n) is 7.14. The minimum absolute atomic E-state index is 0.420. The van der Waals surface area contributed by atoms with Crippen molar-refractivity contribution >= 4 is 32.4 Å². The number of rotatable bonds is 2. The van der Waals surface area contributed by atoms with Crippen molar-refractivity contribution in [3.63, 3.8) is 0 Å². The van der Waals surface area contributed by atoms with Crippen LogP contribution in [-0.2, 0) is 23.6 Å². The van der Waals surface area contributed by atoms with Gasteiger partial charge in [-0.05, 0) is 30.7 Å². The molecule has 0 N–H and O–H groups in total. The molecule has 0 aromatic carbocycles. The summed E-state index contributed by atoms with van der Waals surface area (Å²) in [6, 6.07) is 0. The molecule has 6 nitrogen and oxygen atoms in total. The van der Waals surface area contributed by atoms with E-state index in [1.807, 2.05) is 0 Å². The monoisotopic (exact) mass is 333 g/mol. The number of aromatic nitrogens is 5. The van der Waals surface area contributed by atoms with Gasteiger partial charge in [-0.3, -0.25) is 8.78 Å². The Bertz CT molecular complexity index is 885. The molecule has 0 saturated heterocycles. The summed E-state index contributed by atoms with van der Waals surface area (Å²) in [7, 11) is -1.22. The summed E-state index contributed by atoms with van der Waals surface area (Å²) in [5.74, 6) is 1.46. The Kier molecular flexibility index (Phi) is 3.30. The molecule has 4 rings (SSSR count). The van der Waals surface area contributed by atoms with Gasteiger partial charge in [0.25, 0.3) is 0 Å². The van der Waals surface area contributed by atoms with Gasteiger partial charge in [-0.2, -0.15) is 0 Å². The Hall–Kier alpha value is -1.67. The third-order valence-corrected chi connectivity index (χ3v) is 6.03. The van der Waals surface area contributed by atoms with E-state index >= 15 is 0 Å². The molecule has 0 amide bonds. The first-order chi connectivity index (χ1) is 10.6. The van der Waals surface area contributed by atoms with Gasteiger partial charge in [-0.25, -0.2) is 9.97 Å². The molecule has 3 heterocycles. The summed E-state index contributed by atoms with van der Waals surface area (Å²) in [6.45, 7) is 2.29. The highest BCUT2D eigenvalue weighted by Crippen LogP contribution is 2.39. The van der Waals surface area contributed by atoms with Gasteiger partial charge in [-0.15, -0.1) is 21.5 Å². The zero-order valence-corrected chi connectivity index (χ0v) is 13.9. The smallest absolute Gasteiger partial charge is 0.226 e. The number of thiophene rings is 1. The maximum Gasteiger partial charge on any atom is 0.226 e. The van der Waals surface area contributed by atoms with Crippen molar-refractivity contribution in [2.75, 3.05) is 6.26 Å². The zero-order chi connectivity index (χ0) is 15.3. The van der Waals surface area contributed by atoms with Crippen LogP contribution in [0.4, 0.5) is 0 Å². The van der Waals surface area contributed by atoms with E-state index in [9.17, 15) is 4.21 Å². The molecule has 1 aliphatic carbocycles. The van der Waals surface area contributed by atoms with Crippen molar-refractivity contribution in [1.82, 2.24) is 24.7 Å². The topological polar surface area (TPSA) is 73.6 Å². The Morgan fingerprint density at radius 2 is 2.27 bits per heavy atom. The fraction of sp³-hybridized carbons (Fsp3) is 0.429. The highest BCUT2D eigenvalue weighted by molar-refractivity contribution is 7.84. The molecular weight excluding hydrogens is 318 g/mol. The van der Waals surface area contributed by atoms with Crippen LogP contribution in [0.3, 0.4) is 0 Å². The first-order valence-corrected chi connectivity index (χ1v) is 9.51. The minimum atomic E-state index is -1.22. The molecule has 0 fully saturated rings. The third kappa shape index (κ3) is 2.09. The lowest BCUT2D eigenvalue weighted by atomic mass is 9.89.